The zero-order valence-electron chi connectivity index (χ0n) is 8.19. The summed E-state index contributed by atoms with van der Waals surface area (Å²) in [5.41, 5.74) is 6.90. The largest absolute Gasteiger partial charge is 0.465 e. The van der Waals surface area contributed by atoms with E-state index >= 15 is 0 Å². The molecule has 5 heteroatoms. The zero-order chi connectivity index (χ0) is 10.8. The minimum Gasteiger partial charge on any atom is -0.465 e. The zero-order valence-corrected chi connectivity index (χ0v) is 8.19. The number of hydrogen-bond acceptors (Lipinski definition) is 5. The van der Waals surface area contributed by atoms with Crippen molar-refractivity contribution in [3.63, 3.8) is 0 Å². The van der Waals surface area contributed by atoms with E-state index in [4.69, 9.17) is 10.3 Å². The molecule has 5 nitrogen and oxygen atoms in total. The van der Waals surface area contributed by atoms with E-state index in [1.54, 1.807) is 18.2 Å². The third kappa shape index (κ3) is 1.46. The number of methoxy groups -OCH3 is 1. The molecule has 0 atom stereocenters. The summed E-state index contributed by atoms with van der Waals surface area (Å²) in [6.07, 6.45) is 0. The van der Waals surface area contributed by atoms with Crippen molar-refractivity contribution in [3.8, 4) is 0 Å². The van der Waals surface area contributed by atoms with Crippen LogP contribution in [0.4, 0.5) is 0 Å². The van der Waals surface area contributed by atoms with Gasteiger partial charge in [-0.05, 0) is 12.1 Å². The van der Waals surface area contributed by atoms with E-state index in [2.05, 4.69) is 9.89 Å². The molecule has 0 aliphatic carbocycles. The molecule has 0 fully saturated rings. The van der Waals surface area contributed by atoms with Gasteiger partial charge in [0.05, 0.1) is 7.11 Å². The standard InChI is InChI=1S/C10H10N2O3/c1-14-10(13)7-4-2-3-6-8(5-11)12-15-9(6)7/h2-4H,5,11H2,1H3. The van der Waals surface area contributed by atoms with Crippen LogP contribution < -0.4 is 5.73 Å². The number of carbonyl (C=O) groups excluding carboxylic acids is 1. The first kappa shape index (κ1) is 9.67. The van der Waals surface area contributed by atoms with E-state index in [1.807, 2.05) is 0 Å². The van der Waals surface area contributed by atoms with Gasteiger partial charge in [-0.1, -0.05) is 11.2 Å². The average molecular weight is 206 g/mol. The molecule has 0 spiro atoms. The molecule has 2 rings (SSSR count). The Labute approximate surface area is 85.8 Å². The van der Waals surface area contributed by atoms with Crippen molar-refractivity contribution in [1.29, 1.82) is 0 Å². The molecule has 0 aliphatic rings. The van der Waals surface area contributed by atoms with Gasteiger partial charge in [0, 0.05) is 11.9 Å². The number of ether oxygens (including phenoxy) is 1. The highest BCUT2D eigenvalue weighted by atomic mass is 16.5. The fraction of sp³-hybridized carbons (Fsp3) is 0.200. The van der Waals surface area contributed by atoms with Gasteiger partial charge in [-0.2, -0.15) is 0 Å². The molecule has 0 amide bonds. The fourth-order valence-electron chi connectivity index (χ4n) is 1.43. The number of nitrogens with zero attached hydrogens (tertiary/aromatic N) is 1. The first-order valence-electron chi connectivity index (χ1n) is 4.43. The van der Waals surface area contributed by atoms with Gasteiger partial charge in [-0.3, -0.25) is 0 Å². The number of hydrogen-bond donors (Lipinski definition) is 1. The molecular formula is C10H10N2O3. The molecule has 0 unspecified atom stereocenters. The van der Waals surface area contributed by atoms with Crippen LogP contribution in [0.1, 0.15) is 16.1 Å². The molecule has 1 aromatic heterocycles. The molecular weight excluding hydrogens is 196 g/mol. The second-order valence-corrected chi connectivity index (χ2v) is 3.01. The molecule has 1 heterocycles. The average Bonchev–Trinajstić information content (AvgIpc) is 2.70. The maximum Gasteiger partial charge on any atom is 0.341 e. The van der Waals surface area contributed by atoms with Gasteiger partial charge in [-0.15, -0.1) is 0 Å². The van der Waals surface area contributed by atoms with Crippen LogP contribution in [0.2, 0.25) is 0 Å². The molecule has 0 bridgehead atoms. The number of esters is 1. The molecule has 2 aromatic rings. The third-order valence-electron chi connectivity index (χ3n) is 2.17. The molecule has 0 aliphatic heterocycles. The summed E-state index contributed by atoms with van der Waals surface area (Å²) in [6, 6.07) is 5.17. The van der Waals surface area contributed by atoms with Crippen LogP contribution in [0.3, 0.4) is 0 Å². The number of fused-ring (bicyclic) bond motifs is 1. The Morgan fingerprint density at radius 1 is 1.60 bits per heavy atom. The summed E-state index contributed by atoms with van der Waals surface area (Å²) in [5.74, 6) is -0.444. The predicted octanol–water partition coefficient (Wildman–Crippen LogP) is 1.07. The van der Waals surface area contributed by atoms with Crippen LogP contribution in [0.25, 0.3) is 11.0 Å². The Balaban J connectivity index is 2.67. The third-order valence-corrected chi connectivity index (χ3v) is 2.17. The van der Waals surface area contributed by atoms with Crippen LogP contribution in [-0.2, 0) is 11.3 Å². The van der Waals surface area contributed by atoms with E-state index in [-0.39, 0.29) is 6.54 Å². The Morgan fingerprint density at radius 2 is 2.40 bits per heavy atom. The predicted molar refractivity (Wildman–Crippen MR) is 53.2 cm³/mol. The first-order chi connectivity index (χ1) is 7.27. The maximum atomic E-state index is 11.4. The number of benzene rings is 1. The van der Waals surface area contributed by atoms with Crippen molar-refractivity contribution in [2.75, 3.05) is 7.11 Å². The normalized spacial score (nSPS) is 10.5. The van der Waals surface area contributed by atoms with Gasteiger partial charge >= 0.3 is 5.97 Å². The van der Waals surface area contributed by atoms with Crippen molar-refractivity contribution in [3.05, 3.63) is 29.5 Å². The Bertz CT molecular complexity index is 504. The molecule has 0 saturated heterocycles. The van der Waals surface area contributed by atoms with Crippen molar-refractivity contribution >= 4 is 16.9 Å². The quantitative estimate of drug-likeness (QED) is 0.743. The number of rotatable bonds is 2. The van der Waals surface area contributed by atoms with Crippen LogP contribution in [-0.4, -0.2) is 18.2 Å². The van der Waals surface area contributed by atoms with Gasteiger partial charge in [0.2, 0.25) is 0 Å². The van der Waals surface area contributed by atoms with Gasteiger partial charge < -0.3 is 15.0 Å². The van der Waals surface area contributed by atoms with Crippen molar-refractivity contribution < 1.29 is 14.1 Å². The molecule has 2 N–H and O–H groups in total. The molecule has 0 saturated carbocycles. The topological polar surface area (TPSA) is 78.4 Å². The van der Waals surface area contributed by atoms with E-state index < -0.39 is 5.97 Å². The Morgan fingerprint density at radius 3 is 3.07 bits per heavy atom. The van der Waals surface area contributed by atoms with Gasteiger partial charge in [0.15, 0.2) is 5.58 Å². The van der Waals surface area contributed by atoms with Crippen molar-refractivity contribution in [2.24, 2.45) is 5.73 Å². The second-order valence-electron chi connectivity index (χ2n) is 3.01. The second kappa shape index (κ2) is 3.70. The number of carbonyl (C=O) groups is 1. The fourth-order valence-corrected chi connectivity index (χ4v) is 1.43. The Kier molecular flexibility index (Phi) is 2.39. The lowest BCUT2D eigenvalue weighted by Crippen LogP contribution is -2.01. The molecule has 78 valence electrons. The highest BCUT2D eigenvalue weighted by molar-refractivity contribution is 6.02. The van der Waals surface area contributed by atoms with Crippen LogP contribution in [0.15, 0.2) is 22.7 Å². The summed E-state index contributed by atoms with van der Waals surface area (Å²) in [7, 11) is 1.32. The van der Waals surface area contributed by atoms with E-state index in [0.717, 1.165) is 5.39 Å². The van der Waals surface area contributed by atoms with Gasteiger partial charge in [0.25, 0.3) is 0 Å². The maximum absolute atomic E-state index is 11.4. The van der Waals surface area contributed by atoms with E-state index in [0.29, 0.717) is 16.8 Å². The summed E-state index contributed by atoms with van der Waals surface area (Å²) in [6.45, 7) is 0.275. The smallest absolute Gasteiger partial charge is 0.341 e. The van der Waals surface area contributed by atoms with Crippen LogP contribution >= 0.6 is 0 Å². The Hall–Kier alpha value is -1.88. The number of para-hydroxylation sites is 1. The summed E-state index contributed by atoms with van der Waals surface area (Å²) >= 11 is 0. The SMILES string of the molecule is COC(=O)c1cccc2c(CN)noc12. The van der Waals surface area contributed by atoms with E-state index in [9.17, 15) is 4.79 Å². The molecule has 15 heavy (non-hydrogen) atoms. The van der Waals surface area contributed by atoms with Gasteiger partial charge in [-0.25, -0.2) is 4.79 Å². The highest BCUT2D eigenvalue weighted by Gasteiger charge is 2.15. The summed E-state index contributed by atoms with van der Waals surface area (Å²) < 4.78 is 9.69. The van der Waals surface area contributed by atoms with Crippen molar-refractivity contribution in [2.45, 2.75) is 6.54 Å². The number of aromatic nitrogens is 1. The first-order valence-corrected chi connectivity index (χ1v) is 4.43. The minimum atomic E-state index is -0.444. The number of nitrogens with two attached hydrogens (primary N) is 1. The lowest BCUT2D eigenvalue weighted by atomic mass is 10.1. The monoisotopic (exact) mass is 206 g/mol. The lowest BCUT2D eigenvalue weighted by Gasteiger charge is -1.98. The van der Waals surface area contributed by atoms with Crippen LogP contribution in [0, 0.1) is 0 Å². The summed E-state index contributed by atoms with van der Waals surface area (Å²) in [5, 5.41) is 4.53. The lowest BCUT2D eigenvalue weighted by molar-refractivity contribution is 0.0601. The summed E-state index contributed by atoms with van der Waals surface area (Å²) in [4.78, 5) is 11.4. The van der Waals surface area contributed by atoms with Crippen molar-refractivity contribution in [1.82, 2.24) is 5.16 Å². The van der Waals surface area contributed by atoms with Crippen LogP contribution in [0.5, 0.6) is 0 Å². The highest BCUT2D eigenvalue weighted by Crippen LogP contribution is 2.22. The minimum absolute atomic E-state index is 0.275. The van der Waals surface area contributed by atoms with Gasteiger partial charge in [0.1, 0.15) is 11.3 Å². The molecule has 0 radical (unpaired) electrons. The van der Waals surface area contributed by atoms with E-state index in [1.165, 1.54) is 7.11 Å². The molecule has 1 aromatic carbocycles.